The molecule has 3 N–H and O–H groups in total. The highest BCUT2D eigenvalue weighted by molar-refractivity contribution is 5.98. The number of carbonyl (C=O) groups is 1. The fraction of sp³-hybridized carbons (Fsp3) is 0.500. The van der Waals surface area contributed by atoms with Gasteiger partial charge in [0.1, 0.15) is 0 Å². The van der Waals surface area contributed by atoms with Crippen LogP contribution in [-0.4, -0.2) is 40.6 Å². The Balaban J connectivity index is 2.05. The fourth-order valence-electron chi connectivity index (χ4n) is 2.19. The third-order valence-electron chi connectivity index (χ3n) is 3.20. The summed E-state index contributed by atoms with van der Waals surface area (Å²) in [6.45, 7) is 1.62. The third-order valence-corrected chi connectivity index (χ3v) is 3.20. The summed E-state index contributed by atoms with van der Waals surface area (Å²) in [5.74, 6) is 0.345. The SMILES string of the molecule is Nc1ccncc1C(=O)N1CCC(CCO)C1. The zero-order valence-electron chi connectivity index (χ0n) is 9.67. The van der Waals surface area contributed by atoms with Crippen molar-refractivity contribution >= 4 is 11.6 Å². The van der Waals surface area contributed by atoms with Crippen LogP contribution in [-0.2, 0) is 0 Å². The lowest BCUT2D eigenvalue weighted by atomic mass is 10.1. The number of hydrogen-bond donors (Lipinski definition) is 2. The summed E-state index contributed by atoms with van der Waals surface area (Å²) in [5, 5.41) is 8.88. The molecule has 0 saturated carbocycles. The standard InChI is InChI=1S/C12H17N3O2/c13-11-1-4-14-7-10(11)12(17)15-5-2-9(8-15)3-6-16/h1,4,7,9,16H,2-3,5-6,8H2,(H2,13,14). The van der Waals surface area contributed by atoms with Crippen molar-refractivity contribution in [1.29, 1.82) is 0 Å². The van der Waals surface area contributed by atoms with Crippen molar-refractivity contribution in [2.75, 3.05) is 25.4 Å². The lowest BCUT2D eigenvalue weighted by molar-refractivity contribution is 0.0785. The number of nitrogens with two attached hydrogens (primary N) is 1. The van der Waals surface area contributed by atoms with Gasteiger partial charge in [-0.05, 0) is 24.8 Å². The molecule has 1 aromatic heterocycles. The van der Waals surface area contributed by atoms with E-state index < -0.39 is 0 Å². The second kappa shape index (κ2) is 5.14. The maximum Gasteiger partial charge on any atom is 0.257 e. The topological polar surface area (TPSA) is 79.5 Å². The van der Waals surface area contributed by atoms with Gasteiger partial charge in [0.05, 0.1) is 5.56 Å². The Bertz CT molecular complexity index is 408. The van der Waals surface area contributed by atoms with Crippen molar-refractivity contribution in [2.45, 2.75) is 12.8 Å². The first-order chi connectivity index (χ1) is 8.22. The van der Waals surface area contributed by atoms with Gasteiger partial charge in [0, 0.05) is 37.8 Å². The summed E-state index contributed by atoms with van der Waals surface area (Å²) in [4.78, 5) is 17.9. The molecule has 0 radical (unpaired) electrons. The fourth-order valence-corrected chi connectivity index (χ4v) is 2.19. The molecule has 1 saturated heterocycles. The molecule has 5 nitrogen and oxygen atoms in total. The number of aromatic nitrogens is 1. The molecular weight excluding hydrogens is 218 g/mol. The van der Waals surface area contributed by atoms with Gasteiger partial charge in [0.25, 0.3) is 5.91 Å². The van der Waals surface area contributed by atoms with Crippen LogP contribution in [0.5, 0.6) is 0 Å². The Hall–Kier alpha value is -1.62. The van der Waals surface area contributed by atoms with Crippen molar-refractivity contribution in [3.8, 4) is 0 Å². The summed E-state index contributed by atoms with van der Waals surface area (Å²) in [6.07, 6.45) is 4.79. The molecule has 1 aliphatic heterocycles. The molecule has 1 amide bonds. The zero-order valence-corrected chi connectivity index (χ0v) is 9.67. The summed E-state index contributed by atoms with van der Waals surface area (Å²) < 4.78 is 0. The summed E-state index contributed by atoms with van der Waals surface area (Å²) in [7, 11) is 0. The van der Waals surface area contributed by atoms with E-state index in [1.54, 1.807) is 17.2 Å². The summed E-state index contributed by atoms with van der Waals surface area (Å²) in [6, 6.07) is 1.63. The normalized spacial score (nSPS) is 19.6. The van der Waals surface area contributed by atoms with Crippen molar-refractivity contribution in [3.63, 3.8) is 0 Å². The first-order valence-electron chi connectivity index (χ1n) is 5.82. The van der Waals surface area contributed by atoms with Gasteiger partial charge in [0.15, 0.2) is 0 Å². The van der Waals surface area contributed by atoms with Crippen LogP contribution in [0.1, 0.15) is 23.2 Å². The Morgan fingerprint density at radius 2 is 2.47 bits per heavy atom. The number of aliphatic hydroxyl groups is 1. The highest BCUT2D eigenvalue weighted by atomic mass is 16.3. The van der Waals surface area contributed by atoms with Crippen LogP contribution in [0.15, 0.2) is 18.5 Å². The molecule has 0 bridgehead atoms. The van der Waals surface area contributed by atoms with Gasteiger partial charge in [-0.2, -0.15) is 0 Å². The lowest BCUT2D eigenvalue weighted by Gasteiger charge is -2.17. The average molecular weight is 235 g/mol. The van der Waals surface area contributed by atoms with Crippen molar-refractivity contribution in [1.82, 2.24) is 9.88 Å². The van der Waals surface area contributed by atoms with Crippen LogP contribution >= 0.6 is 0 Å². The first kappa shape index (κ1) is 11.9. The van der Waals surface area contributed by atoms with E-state index in [1.807, 2.05) is 0 Å². The molecule has 1 unspecified atom stereocenters. The number of nitrogens with zero attached hydrogens (tertiary/aromatic N) is 2. The number of hydrogen-bond acceptors (Lipinski definition) is 4. The highest BCUT2D eigenvalue weighted by Crippen LogP contribution is 2.22. The van der Waals surface area contributed by atoms with Crippen LogP contribution in [0.3, 0.4) is 0 Å². The van der Waals surface area contributed by atoms with E-state index in [0.717, 1.165) is 19.4 Å². The number of rotatable bonds is 3. The third kappa shape index (κ3) is 2.55. The molecule has 5 heteroatoms. The van der Waals surface area contributed by atoms with Gasteiger partial charge in [-0.25, -0.2) is 0 Å². The zero-order chi connectivity index (χ0) is 12.3. The van der Waals surface area contributed by atoms with Crippen LogP contribution in [0.2, 0.25) is 0 Å². The summed E-state index contributed by atoms with van der Waals surface area (Å²) in [5.41, 5.74) is 6.69. The second-order valence-corrected chi connectivity index (χ2v) is 4.38. The van der Waals surface area contributed by atoms with Crippen LogP contribution < -0.4 is 5.73 Å². The van der Waals surface area contributed by atoms with Crippen LogP contribution in [0.25, 0.3) is 0 Å². The molecule has 92 valence electrons. The van der Waals surface area contributed by atoms with Gasteiger partial charge >= 0.3 is 0 Å². The van der Waals surface area contributed by atoms with E-state index in [9.17, 15) is 4.79 Å². The molecule has 1 aliphatic rings. The van der Waals surface area contributed by atoms with E-state index >= 15 is 0 Å². The van der Waals surface area contributed by atoms with Crippen molar-refractivity contribution in [2.24, 2.45) is 5.92 Å². The average Bonchev–Trinajstić information content (AvgIpc) is 2.78. The molecule has 1 atom stereocenters. The van der Waals surface area contributed by atoms with E-state index in [-0.39, 0.29) is 12.5 Å². The van der Waals surface area contributed by atoms with Gasteiger partial charge in [-0.15, -0.1) is 0 Å². The molecule has 1 fully saturated rings. The van der Waals surface area contributed by atoms with E-state index in [4.69, 9.17) is 10.8 Å². The first-order valence-corrected chi connectivity index (χ1v) is 5.82. The molecule has 2 rings (SSSR count). The number of likely N-dealkylation sites (tertiary alicyclic amines) is 1. The Morgan fingerprint density at radius 1 is 1.65 bits per heavy atom. The predicted octanol–water partition coefficient (Wildman–Crippen LogP) is 0.508. The molecule has 0 spiro atoms. The Morgan fingerprint density at radius 3 is 3.18 bits per heavy atom. The van der Waals surface area contributed by atoms with Crippen molar-refractivity contribution < 1.29 is 9.90 Å². The number of amides is 1. The molecule has 2 heterocycles. The van der Waals surface area contributed by atoms with E-state index in [2.05, 4.69) is 4.98 Å². The molecule has 0 aromatic carbocycles. The van der Waals surface area contributed by atoms with Gasteiger partial charge in [-0.1, -0.05) is 0 Å². The minimum Gasteiger partial charge on any atom is -0.398 e. The van der Waals surface area contributed by atoms with E-state index in [1.165, 1.54) is 6.20 Å². The quantitative estimate of drug-likeness (QED) is 0.800. The smallest absolute Gasteiger partial charge is 0.257 e. The highest BCUT2D eigenvalue weighted by Gasteiger charge is 2.27. The van der Waals surface area contributed by atoms with Gasteiger partial charge in [-0.3, -0.25) is 9.78 Å². The maximum absolute atomic E-state index is 12.2. The number of carbonyl (C=O) groups excluding carboxylic acids is 1. The van der Waals surface area contributed by atoms with E-state index in [0.29, 0.717) is 23.7 Å². The number of pyridine rings is 1. The van der Waals surface area contributed by atoms with Gasteiger partial charge < -0.3 is 15.7 Å². The number of nitrogen functional groups attached to an aromatic ring is 1. The van der Waals surface area contributed by atoms with Gasteiger partial charge in [0.2, 0.25) is 0 Å². The minimum atomic E-state index is -0.0592. The maximum atomic E-state index is 12.2. The minimum absolute atomic E-state index is 0.0592. The molecule has 0 aliphatic carbocycles. The lowest BCUT2D eigenvalue weighted by Crippen LogP contribution is -2.29. The largest absolute Gasteiger partial charge is 0.398 e. The number of anilines is 1. The Labute approximate surface area is 100 Å². The summed E-state index contributed by atoms with van der Waals surface area (Å²) >= 11 is 0. The second-order valence-electron chi connectivity index (χ2n) is 4.38. The molecule has 17 heavy (non-hydrogen) atoms. The Kier molecular flexibility index (Phi) is 3.58. The van der Waals surface area contributed by atoms with Crippen LogP contribution in [0.4, 0.5) is 5.69 Å². The molecule has 1 aromatic rings. The monoisotopic (exact) mass is 235 g/mol. The predicted molar refractivity (Wildman–Crippen MR) is 64.4 cm³/mol. The molecular formula is C12H17N3O2. The van der Waals surface area contributed by atoms with Crippen molar-refractivity contribution in [3.05, 3.63) is 24.0 Å². The number of aliphatic hydroxyl groups excluding tert-OH is 1. The van der Waals surface area contributed by atoms with Crippen LogP contribution in [0, 0.1) is 5.92 Å².